The number of aromatic nitrogens is 1. The van der Waals surface area contributed by atoms with Crippen LogP contribution in [0.2, 0.25) is 0 Å². The number of hydrogen-bond donors (Lipinski definition) is 2. The zero-order valence-electron chi connectivity index (χ0n) is 8.97. The maximum Gasteiger partial charge on any atom is 0.228 e. The molecule has 0 saturated heterocycles. The molecule has 1 aliphatic heterocycles. The molecular formula is C13H10N2O2. The molecule has 0 bridgehead atoms. The summed E-state index contributed by atoms with van der Waals surface area (Å²) in [7, 11) is 0. The standard InChI is InChI=1S/C13H10N2O2/c16-12-6-11-9(5-13(17)15-11)4-10(12)8-2-1-3-14-7-8/h1-4,6-7,16H,5H2,(H,15,17). The van der Waals surface area contributed by atoms with Crippen LogP contribution in [0, 0.1) is 0 Å². The number of fused-ring (bicyclic) bond motifs is 1. The van der Waals surface area contributed by atoms with E-state index in [9.17, 15) is 9.90 Å². The molecule has 4 heteroatoms. The number of nitrogens with zero attached hydrogens (tertiary/aromatic N) is 1. The molecule has 1 amide bonds. The fourth-order valence-corrected chi connectivity index (χ4v) is 2.02. The van der Waals surface area contributed by atoms with E-state index in [4.69, 9.17) is 0 Å². The highest BCUT2D eigenvalue weighted by atomic mass is 16.3. The lowest BCUT2D eigenvalue weighted by Crippen LogP contribution is -2.03. The van der Waals surface area contributed by atoms with Crippen LogP contribution in [0.25, 0.3) is 11.1 Å². The van der Waals surface area contributed by atoms with Crippen molar-refractivity contribution in [3.63, 3.8) is 0 Å². The maximum absolute atomic E-state index is 11.3. The van der Waals surface area contributed by atoms with Crippen molar-refractivity contribution in [2.45, 2.75) is 6.42 Å². The smallest absolute Gasteiger partial charge is 0.228 e. The molecule has 0 fully saturated rings. The molecular weight excluding hydrogens is 216 g/mol. The molecule has 4 nitrogen and oxygen atoms in total. The van der Waals surface area contributed by atoms with Crippen molar-refractivity contribution in [1.82, 2.24) is 4.98 Å². The fourth-order valence-electron chi connectivity index (χ4n) is 2.02. The Kier molecular flexibility index (Phi) is 2.08. The molecule has 84 valence electrons. The van der Waals surface area contributed by atoms with Gasteiger partial charge in [0.05, 0.1) is 6.42 Å². The zero-order valence-corrected chi connectivity index (χ0v) is 8.97. The second-order valence-corrected chi connectivity index (χ2v) is 3.99. The van der Waals surface area contributed by atoms with Gasteiger partial charge in [0, 0.05) is 35.3 Å². The Morgan fingerprint density at radius 3 is 3.00 bits per heavy atom. The zero-order chi connectivity index (χ0) is 11.8. The predicted octanol–water partition coefficient (Wildman–Crippen LogP) is 1.95. The molecule has 2 aromatic rings. The van der Waals surface area contributed by atoms with Crippen LogP contribution < -0.4 is 5.32 Å². The van der Waals surface area contributed by atoms with Gasteiger partial charge in [-0.2, -0.15) is 0 Å². The Morgan fingerprint density at radius 1 is 1.35 bits per heavy atom. The molecule has 0 atom stereocenters. The van der Waals surface area contributed by atoms with Gasteiger partial charge in [0.25, 0.3) is 0 Å². The number of pyridine rings is 1. The second-order valence-electron chi connectivity index (χ2n) is 3.99. The quantitative estimate of drug-likeness (QED) is 0.781. The van der Waals surface area contributed by atoms with E-state index in [1.807, 2.05) is 18.2 Å². The number of phenols is 1. The van der Waals surface area contributed by atoms with Gasteiger partial charge in [-0.05, 0) is 17.7 Å². The van der Waals surface area contributed by atoms with Crippen LogP contribution in [0.3, 0.4) is 0 Å². The Hall–Kier alpha value is -2.36. The molecule has 1 aliphatic rings. The Morgan fingerprint density at radius 2 is 2.24 bits per heavy atom. The number of nitrogens with one attached hydrogen (secondary N) is 1. The second kappa shape index (κ2) is 3.59. The van der Waals surface area contributed by atoms with E-state index in [1.54, 1.807) is 18.5 Å². The summed E-state index contributed by atoms with van der Waals surface area (Å²) < 4.78 is 0. The highest BCUT2D eigenvalue weighted by Gasteiger charge is 2.20. The van der Waals surface area contributed by atoms with Crippen LogP contribution in [-0.2, 0) is 11.2 Å². The van der Waals surface area contributed by atoms with E-state index in [-0.39, 0.29) is 11.7 Å². The third-order valence-electron chi connectivity index (χ3n) is 2.82. The molecule has 3 rings (SSSR count). The maximum atomic E-state index is 11.3. The first kappa shape index (κ1) is 9.84. The van der Waals surface area contributed by atoms with Crippen molar-refractivity contribution in [1.29, 1.82) is 0 Å². The number of carbonyl (C=O) groups excluding carboxylic acids is 1. The Bertz CT molecular complexity index is 594. The molecule has 17 heavy (non-hydrogen) atoms. The largest absolute Gasteiger partial charge is 0.507 e. The summed E-state index contributed by atoms with van der Waals surface area (Å²) in [4.78, 5) is 15.3. The van der Waals surface area contributed by atoms with E-state index in [0.29, 0.717) is 17.7 Å². The number of rotatable bonds is 1. The number of benzene rings is 1. The van der Waals surface area contributed by atoms with Crippen molar-refractivity contribution in [2.75, 3.05) is 5.32 Å². The van der Waals surface area contributed by atoms with E-state index in [2.05, 4.69) is 10.3 Å². The highest BCUT2D eigenvalue weighted by molar-refractivity contribution is 6.00. The number of carbonyl (C=O) groups is 1. The van der Waals surface area contributed by atoms with Crippen LogP contribution in [0.15, 0.2) is 36.7 Å². The molecule has 2 N–H and O–H groups in total. The van der Waals surface area contributed by atoms with Gasteiger partial charge in [-0.25, -0.2) is 0 Å². The summed E-state index contributed by atoms with van der Waals surface area (Å²) in [6.07, 6.45) is 3.73. The third kappa shape index (κ3) is 1.63. The van der Waals surface area contributed by atoms with Crippen LogP contribution >= 0.6 is 0 Å². The Labute approximate surface area is 97.9 Å². The van der Waals surface area contributed by atoms with Crippen molar-refractivity contribution >= 4 is 11.6 Å². The molecule has 0 spiro atoms. The molecule has 0 saturated carbocycles. The minimum absolute atomic E-state index is 0.0391. The van der Waals surface area contributed by atoms with Crippen molar-refractivity contribution < 1.29 is 9.90 Å². The summed E-state index contributed by atoms with van der Waals surface area (Å²) in [5.74, 6) is 0.113. The van der Waals surface area contributed by atoms with E-state index in [1.165, 1.54) is 0 Å². The first-order chi connectivity index (χ1) is 8.24. The van der Waals surface area contributed by atoms with Crippen LogP contribution in [0.4, 0.5) is 5.69 Å². The predicted molar refractivity (Wildman–Crippen MR) is 63.7 cm³/mol. The monoisotopic (exact) mass is 226 g/mol. The van der Waals surface area contributed by atoms with Gasteiger partial charge in [-0.1, -0.05) is 6.07 Å². The lowest BCUT2D eigenvalue weighted by molar-refractivity contribution is -0.115. The first-order valence-corrected chi connectivity index (χ1v) is 5.30. The summed E-state index contributed by atoms with van der Waals surface area (Å²) in [5, 5.41) is 12.6. The van der Waals surface area contributed by atoms with Crippen molar-refractivity contribution in [2.24, 2.45) is 0 Å². The summed E-state index contributed by atoms with van der Waals surface area (Å²) >= 11 is 0. The van der Waals surface area contributed by atoms with E-state index < -0.39 is 0 Å². The van der Waals surface area contributed by atoms with Gasteiger partial charge in [0.2, 0.25) is 5.91 Å². The number of anilines is 1. The van der Waals surface area contributed by atoms with Gasteiger partial charge in [0.15, 0.2) is 0 Å². The number of aromatic hydroxyl groups is 1. The number of phenolic OH excluding ortho intramolecular Hbond substituents is 1. The van der Waals surface area contributed by atoms with Crippen LogP contribution in [-0.4, -0.2) is 16.0 Å². The highest BCUT2D eigenvalue weighted by Crippen LogP contribution is 2.36. The molecule has 0 unspecified atom stereocenters. The summed E-state index contributed by atoms with van der Waals surface area (Å²) in [6, 6.07) is 7.10. The molecule has 1 aromatic carbocycles. The molecule has 2 heterocycles. The minimum Gasteiger partial charge on any atom is -0.507 e. The van der Waals surface area contributed by atoms with Gasteiger partial charge >= 0.3 is 0 Å². The average Bonchev–Trinajstić information content (AvgIpc) is 2.68. The number of amides is 1. The lowest BCUT2D eigenvalue weighted by Gasteiger charge is -2.07. The average molecular weight is 226 g/mol. The van der Waals surface area contributed by atoms with Crippen molar-refractivity contribution in [3.05, 3.63) is 42.2 Å². The SMILES string of the molecule is O=C1Cc2cc(-c3cccnc3)c(O)cc2N1. The normalized spacial score (nSPS) is 13.3. The van der Waals surface area contributed by atoms with Crippen LogP contribution in [0.5, 0.6) is 5.75 Å². The molecule has 0 radical (unpaired) electrons. The van der Waals surface area contributed by atoms with Gasteiger partial charge in [0.1, 0.15) is 5.75 Å². The first-order valence-electron chi connectivity index (χ1n) is 5.30. The minimum atomic E-state index is -0.0391. The summed E-state index contributed by atoms with van der Waals surface area (Å²) in [6.45, 7) is 0. The van der Waals surface area contributed by atoms with Crippen molar-refractivity contribution in [3.8, 4) is 16.9 Å². The van der Waals surface area contributed by atoms with Gasteiger partial charge in [-0.15, -0.1) is 0 Å². The molecule has 1 aromatic heterocycles. The Balaban J connectivity index is 2.14. The van der Waals surface area contributed by atoms with Crippen LogP contribution in [0.1, 0.15) is 5.56 Å². The van der Waals surface area contributed by atoms with E-state index >= 15 is 0 Å². The third-order valence-corrected chi connectivity index (χ3v) is 2.82. The molecule has 0 aliphatic carbocycles. The topological polar surface area (TPSA) is 62.2 Å². The lowest BCUT2D eigenvalue weighted by atomic mass is 10.0. The van der Waals surface area contributed by atoms with Gasteiger partial charge < -0.3 is 10.4 Å². The fraction of sp³-hybridized carbons (Fsp3) is 0.0769. The van der Waals surface area contributed by atoms with Gasteiger partial charge in [-0.3, -0.25) is 9.78 Å². The number of hydrogen-bond acceptors (Lipinski definition) is 3. The summed E-state index contributed by atoms with van der Waals surface area (Å²) in [5.41, 5.74) is 3.15. The van der Waals surface area contributed by atoms with E-state index in [0.717, 1.165) is 11.1 Å².